The summed E-state index contributed by atoms with van der Waals surface area (Å²) in [6.45, 7) is -0.956. The number of rotatable bonds is 5. The van der Waals surface area contributed by atoms with E-state index in [1.165, 1.54) is 0 Å². The minimum atomic E-state index is -4.56. The molecule has 0 atom stereocenters. The number of nitro groups is 1. The molecule has 0 bridgehead atoms. The average molecular weight is 316 g/mol. The van der Waals surface area contributed by atoms with Crippen molar-refractivity contribution in [2.24, 2.45) is 0 Å². The third-order valence-electron chi connectivity index (χ3n) is 2.12. The first-order valence-electron chi connectivity index (χ1n) is 5.03. The van der Waals surface area contributed by atoms with E-state index in [0.29, 0.717) is 12.1 Å². The molecule has 1 aromatic rings. The highest BCUT2D eigenvalue weighted by molar-refractivity contribution is 7.89. The zero-order valence-electron chi connectivity index (χ0n) is 9.65. The fourth-order valence-electron chi connectivity index (χ4n) is 1.23. The predicted octanol–water partition coefficient (Wildman–Crippen LogP) is 1.96. The van der Waals surface area contributed by atoms with Crippen LogP contribution in [-0.4, -0.2) is 26.1 Å². The normalized spacial score (nSPS) is 12.4. The maximum atomic E-state index is 13.4. The van der Waals surface area contributed by atoms with E-state index in [0.717, 1.165) is 6.07 Å². The molecule has 20 heavy (non-hydrogen) atoms. The number of nitrogens with zero attached hydrogens (tertiary/aromatic N) is 1. The van der Waals surface area contributed by atoms with E-state index < -0.39 is 50.5 Å². The molecule has 0 spiro atoms. The Morgan fingerprint density at radius 1 is 1.30 bits per heavy atom. The van der Waals surface area contributed by atoms with Gasteiger partial charge < -0.3 is 0 Å². The molecule has 0 aliphatic carbocycles. The Morgan fingerprint density at radius 2 is 1.90 bits per heavy atom. The summed E-state index contributed by atoms with van der Waals surface area (Å²) in [5.74, 6) is -1.42. The number of non-ortho nitro benzene ring substituents is 1. The van der Waals surface area contributed by atoms with Gasteiger partial charge in [-0.2, -0.15) is 13.2 Å². The molecule has 112 valence electrons. The first-order chi connectivity index (χ1) is 9.03. The van der Waals surface area contributed by atoms with Crippen molar-refractivity contribution < 1.29 is 30.9 Å². The molecule has 0 saturated heterocycles. The molecular weight excluding hydrogens is 308 g/mol. The lowest BCUT2D eigenvalue weighted by atomic mass is 10.3. The Hall–Kier alpha value is -1.75. The molecule has 0 aromatic heterocycles. The van der Waals surface area contributed by atoms with Gasteiger partial charge in [0.2, 0.25) is 10.0 Å². The molecule has 1 aromatic carbocycles. The van der Waals surface area contributed by atoms with E-state index in [4.69, 9.17) is 0 Å². The number of halogens is 4. The van der Waals surface area contributed by atoms with Crippen molar-refractivity contribution in [2.75, 3.05) is 6.54 Å². The molecule has 1 rings (SSSR count). The third kappa shape index (κ3) is 4.42. The predicted molar refractivity (Wildman–Crippen MR) is 58.9 cm³/mol. The van der Waals surface area contributed by atoms with Gasteiger partial charge in [0.25, 0.3) is 5.69 Å². The number of sulfonamides is 1. The second kappa shape index (κ2) is 5.71. The molecule has 0 fully saturated rings. The molecule has 11 heteroatoms. The van der Waals surface area contributed by atoms with Crippen LogP contribution >= 0.6 is 0 Å². The lowest BCUT2D eigenvalue weighted by molar-refractivity contribution is -0.385. The molecule has 0 aliphatic heterocycles. The largest absolute Gasteiger partial charge is 0.390 e. The molecular formula is C9H8F4N2O4S. The zero-order chi connectivity index (χ0) is 15.6. The summed E-state index contributed by atoms with van der Waals surface area (Å²) in [5, 5.41) is 10.3. The maximum absolute atomic E-state index is 13.4. The van der Waals surface area contributed by atoms with Gasteiger partial charge in [0, 0.05) is 12.6 Å². The minimum absolute atomic E-state index is 0.373. The van der Waals surface area contributed by atoms with E-state index in [9.17, 15) is 36.1 Å². The Labute approximate surface area is 110 Å². The molecule has 0 heterocycles. The van der Waals surface area contributed by atoms with Gasteiger partial charge in [-0.1, -0.05) is 0 Å². The maximum Gasteiger partial charge on any atom is 0.390 e. The molecule has 6 nitrogen and oxygen atoms in total. The molecule has 0 saturated carbocycles. The number of hydrogen-bond donors (Lipinski definition) is 1. The SMILES string of the molecule is O=[N+]([O-])c1ccc(S(=O)(=O)NCCC(F)(F)F)c(F)c1. The van der Waals surface area contributed by atoms with Gasteiger partial charge in [-0.25, -0.2) is 17.5 Å². The number of nitrogens with one attached hydrogen (secondary N) is 1. The van der Waals surface area contributed by atoms with Crippen molar-refractivity contribution in [3.63, 3.8) is 0 Å². The van der Waals surface area contributed by atoms with E-state index >= 15 is 0 Å². The van der Waals surface area contributed by atoms with Crippen LogP contribution in [0.1, 0.15) is 6.42 Å². The topological polar surface area (TPSA) is 89.3 Å². The summed E-state index contributed by atoms with van der Waals surface area (Å²) in [6.07, 6.45) is -5.97. The average Bonchev–Trinajstić information content (AvgIpc) is 2.26. The lowest BCUT2D eigenvalue weighted by Crippen LogP contribution is -2.28. The molecule has 0 unspecified atom stereocenters. The van der Waals surface area contributed by atoms with Crippen LogP contribution in [0.4, 0.5) is 23.2 Å². The molecule has 0 amide bonds. The van der Waals surface area contributed by atoms with Gasteiger partial charge in [-0.15, -0.1) is 0 Å². The Bertz CT molecular complexity index is 615. The standard InChI is InChI=1S/C9H8F4N2O4S/c10-7-5-6(15(16)17)1-2-8(7)20(18,19)14-4-3-9(11,12)13/h1-2,5,14H,3-4H2. The fourth-order valence-corrected chi connectivity index (χ4v) is 2.32. The second-order valence-electron chi connectivity index (χ2n) is 3.63. The Morgan fingerprint density at radius 3 is 2.35 bits per heavy atom. The van der Waals surface area contributed by atoms with Gasteiger partial charge in [-0.3, -0.25) is 10.1 Å². The van der Waals surface area contributed by atoms with Crippen LogP contribution in [0.25, 0.3) is 0 Å². The first-order valence-corrected chi connectivity index (χ1v) is 6.51. The van der Waals surface area contributed by atoms with E-state index in [1.807, 2.05) is 0 Å². The summed E-state index contributed by atoms with van der Waals surface area (Å²) in [4.78, 5) is 8.46. The summed E-state index contributed by atoms with van der Waals surface area (Å²) < 4.78 is 73.7. The number of alkyl halides is 3. The molecule has 1 N–H and O–H groups in total. The number of benzene rings is 1. The van der Waals surface area contributed by atoms with Crippen molar-refractivity contribution in [1.29, 1.82) is 0 Å². The van der Waals surface area contributed by atoms with Gasteiger partial charge in [-0.05, 0) is 6.07 Å². The van der Waals surface area contributed by atoms with Gasteiger partial charge in [0.15, 0.2) is 0 Å². The third-order valence-corrected chi connectivity index (χ3v) is 3.61. The summed E-state index contributed by atoms with van der Waals surface area (Å²) in [6, 6.07) is 1.73. The van der Waals surface area contributed by atoms with Crippen LogP contribution in [0.3, 0.4) is 0 Å². The summed E-state index contributed by atoms with van der Waals surface area (Å²) in [5.41, 5.74) is -0.670. The van der Waals surface area contributed by atoms with Crippen molar-refractivity contribution >= 4 is 15.7 Å². The van der Waals surface area contributed by atoms with Gasteiger partial charge >= 0.3 is 6.18 Å². The monoisotopic (exact) mass is 316 g/mol. The highest BCUT2D eigenvalue weighted by Crippen LogP contribution is 2.21. The smallest absolute Gasteiger partial charge is 0.258 e. The number of nitro benzene ring substituents is 1. The van der Waals surface area contributed by atoms with Crippen LogP contribution < -0.4 is 4.72 Å². The molecule has 0 radical (unpaired) electrons. The van der Waals surface area contributed by atoms with Crippen LogP contribution in [-0.2, 0) is 10.0 Å². The van der Waals surface area contributed by atoms with E-state index in [2.05, 4.69) is 0 Å². The number of hydrogen-bond acceptors (Lipinski definition) is 4. The van der Waals surface area contributed by atoms with Crippen LogP contribution in [0.5, 0.6) is 0 Å². The van der Waals surface area contributed by atoms with E-state index in [1.54, 1.807) is 4.72 Å². The highest BCUT2D eigenvalue weighted by Gasteiger charge is 2.28. The quantitative estimate of drug-likeness (QED) is 0.511. The van der Waals surface area contributed by atoms with Gasteiger partial charge in [0.05, 0.1) is 17.4 Å². The van der Waals surface area contributed by atoms with Gasteiger partial charge in [0.1, 0.15) is 10.7 Å². The van der Waals surface area contributed by atoms with Crippen LogP contribution in [0.2, 0.25) is 0 Å². The van der Waals surface area contributed by atoms with Crippen molar-refractivity contribution in [2.45, 2.75) is 17.5 Å². The van der Waals surface area contributed by atoms with Crippen molar-refractivity contribution in [1.82, 2.24) is 4.72 Å². The van der Waals surface area contributed by atoms with Crippen molar-refractivity contribution in [3.05, 3.63) is 34.1 Å². The van der Waals surface area contributed by atoms with Crippen LogP contribution in [0, 0.1) is 15.9 Å². The summed E-state index contributed by atoms with van der Waals surface area (Å²) >= 11 is 0. The Balaban J connectivity index is 2.91. The van der Waals surface area contributed by atoms with E-state index in [-0.39, 0.29) is 0 Å². The van der Waals surface area contributed by atoms with Crippen LogP contribution in [0.15, 0.2) is 23.1 Å². The highest BCUT2D eigenvalue weighted by atomic mass is 32.2. The summed E-state index contributed by atoms with van der Waals surface area (Å²) in [7, 11) is -4.50. The zero-order valence-corrected chi connectivity index (χ0v) is 10.5. The fraction of sp³-hybridized carbons (Fsp3) is 0.333. The Kier molecular flexibility index (Phi) is 4.65. The molecule has 0 aliphatic rings. The first kappa shape index (κ1) is 16.3. The second-order valence-corrected chi connectivity index (χ2v) is 5.37. The van der Waals surface area contributed by atoms with Crippen molar-refractivity contribution in [3.8, 4) is 0 Å². The lowest BCUT2D eigenvalue weighted by Gasteiger charge is -2.09. The minimum Gasteiger partial charge on any atom is -0.258 e.